The normalized spacial score (nSPS) is 17.8. The van der Waals surface area contributed by atoms with Crippen molar-refractivity contribution in [2.24, 2.45) is 0 Å². The van der Waals surface area contributed by atoms with Crippen LogP contribution in [0, 0.1) is 0 Å². The first-order valence-corrected chi connectivity index (χ1v) is 13.7. The number of carbonyl (C=O) groups excluding carboxylic acids is 2. The summed E-state index contributed by atoms with van der Waals surface area (Å²) >= 11 is 0. The molecule has 0 spiro atoms. The predicted octanol–water partition coefficient (Wildman–Crippen LogP) is 6.53. The maximum Gasteiger partial charge on any atom is 0.300 e. The molecule has 1 amide bonds. The molecule has 5 rings (SSSR count). The Morgan fingerprint density at radius 3 is 2.37 bits per heavy atom. The summed E-state index contributed by atoms with van der Waals surface area (Å²) in [6, 6.07) is 16.7. The van der Waals surface area contributed by atoms with Gasteiger partial charge < -0.3 is 24.1 Å². The van der Waals surface area contributed by atoms with Crippen molar-refractivity contribution in [1.82, 2.24) is 0 Å². The van der Waals surface area contributed by atoms with Gasteiger partial charge in [-0.05, 0) is 74.2 Å². The Morgan fingerprint density at radius 2 is 1.71 bits per heavy atom. The Balaban J connectivity index is 1.68. The summed E-state index contributed by atoms with van der Waals surface area (Å²) in [6.45, 7) is 12.5. The molecule has 1 saturated heterocycles. The van der Waals surface area contributed by atoms with Gasteiger partial charge in [0.2, 0.25) is 6.79 Å². The molecule has 0 bridgehead atoms. The van der Waals surface area contributed by atoms with Gasteiger partial charge in [0.25, 0.3) is 11.7 Å². The van der Waals surface area contributed by atoms with E-state index in [2.05, 4.69) is 0 Å². The van der Waals surface area contributed by atoms with Crippen molar-refractivity contribution in [3.63, 3.8) is 0 Å². The highest BCUT2D eigenvalue weighted by Crippen LogP contribution is 2.45. The van der Waals surface area contributed by atoms with Crippen molar-refractivity contribution in [1.29, 1.82) is 0 Å². The fourth-order valence-electron chi connectivity index (χ4n) is 5.15. The van der Waals surface area contributed by atoms with E-state index in [-0.39, 0.29) is 29.6 Å². The summed E-state index contributed by atoms with van der Waals surface area (Å²) in [5, 5.41) is 11.7. The molecule has 1 fully saturated rings. The average Bonchev–Trinajstić information content (AvgIpc) is 3.50. The number of ether oxygens (including phenoxy) is 4. The van der Waals surface area contributed by atoms with Crippen molar-refractivity contribution < 1.29 is 33.6 Å². The topological polar surface area (TPSA) is 94.5 Å². The first-order valence-electron chi connectivity index (χ1n) is 13.7. The fraction of sp³-hybridized carbons (Fsp3) is 0.333. The van der Waals surface area contributed by atoms with Crippen LogP contribution in [-0.2, 0) is 15.0 Å². The number of aliphatic hydroxyl groups is 1. The van der Waals surface area contributed by atoms with Crippen molar-refractivity contribution >= 4 is 23.1 Å². The lowest BCUT2D eigenvalue weighted by atomic mass is 9.84. The van der Waals surface area contributed by atoms with Gasteiger partial charge in [-0.15, -0.1) is 0 Å². The van der Waals surface area contributed by atoms with Crippen LogP contribution in [0.5, 0.6) is 23.0 Å². The number of aliphatic hydroxyl groups excluding tert-OH is 1. The number of hydrogen-bond acceptors (Lipinski definition) is 7. The molecule has 0 radical (unpaired) electrons. The molecule has 8 nitrogen and oxygen atoms in total. The van der Waals surface area contributed by atoms with E-state index in [1.165, 1.54) is 4.90 Å². The number of amides is 1. The van der Waals surface area contributed by atoms with Crippen molar-refractivity contribution in [2.75, 3.05) is 18.3 Å². The van der Waals surface area contributed by atoms with E-state index in [0.717, 1.165) is 5.56 Å². The van der Waals surface area contributed by atoms with Gasteiger partial charge in [-0.2, -0.15) is 0 Å². The SMILES string of the molecule is CCOc1ccc(/C(O)=C2\C(=O)C(=O)N(c3ccc4c(c3)OCO4)C2c2ccc(OC(C)C)cc2)cc1C(C)(C)C. The lowest BCUT2D eigenvalue weighted by Crippen LogP contribution is -2.29. The van der Waals surface area contributed by atoms with Crippen LogP contribution < -0.4 is 23.8 Å². The van der Waals surface area contributed by atoms with Crippen LogP contribution in [0.15, 0.2) is 66.2 Å². The smallest absolute Gasteiger partial charge is 0.300 e. The van der Waals surface area contributed by atoms with Gasteiger partial charge in [-0.1, -0.05) is 32.9 Å². The summed E-state index contributed by atoms with van der Waals surface area (Å²) in [5.74, 6) is 0.609. The second-order valence-corrected chi connectivity index (χ2v) is 11.3. The molecule has 3 aromatic rings. The third-order valence-corrected chi connectivity index (χ3v) is 7.01. The van der Waals surface area contributed by atoms with E-state index in [0.29, 0.717) is 46.4 Å². The lowest BCUT2D eigenvalue weighted by molar-refractivity contribution is -0.132. The van der Waals surface area contributed by atoms with Crippen LogP contribution in [-0.4, -0.2) is 36.3 Å². The summed E-state index contributed by atoms with van der Waals surface area (Å²) in [7, 11) is 0. The van der Waals surface area contributed by atoms with E-state index < -0.39 is 17.7 Å². The van der Waals surface area contributed by atoms with E-state index in [4.69, 9.17) is 18.9 Å². The minimum Gasteiger partial charge on any atom is -0.507 e. The maximum absolute atomic E-state index is 13.7. The number of hydrogen-bond donors (Lipinski definition) is 1. The molecule has 41 heavy (non-hydrogen) atoms. The number of rotatable bonds is 7. The van der Waals surface area contributed by atoms with E-state index in [1.807, 2.05) is 47.6 Å². The largest absolute Gasteiger partial charge is 0.507 e. The zero-order valence-corrected chi connectivity index (χ0v) is 24.2. The first-order chi connectivity index (χ1) is 19.5. The first kappa shape index (κ1) is 28.1. The van der Waals surface area contributed by atoms with E-state index >= 15 is 0 Å². The molecular formula is C33H35NO7. The molecular weight excluding hydrogens is 522 g/mol. The molecule has 1 unspecified atom stereocenters. The second-order valence-electron chi connectivity index (χ2n) is 11.3. The fourth-order valence-corrected chi connectivity index (χ4v) is 5.15. The minimum atomic E-state index is -0.895. The summed E-state index contributed by atoms with van der Waals surface area (Å²) in [5.41, 5.74) is 2.08. The number of fused-ring (bicyclic) bond motifs is 1. The number of benzene rings is 3. The van der Waals surface area contributed by atoms with E-state index in [9.17, 15) is 14.7 Å². The van der Waals surface area contributed by atoms with Crippen molar-refractivity contribution in [3.05, 3.63) is 82.9 Å². The van der Waals surface area contributed by atoms with Gasteiger partial charge in [0.05, 0.1) is 24.3 Å². The van der Waals surface area contributed by atoms with Crippen LogP contribution in [0.4, 0.5) is 5.69 Å². The second kappa shape index (κ2) is 10.8. The summed E-state index contributed by atoms with van der Waals surface area (Å²) in [4.78, 5) is 28.7. The Kier molecular flexibility index (Phi) is 7.43. The molecule has 2 aliphatic rings. The van der Waals surface area contributed by atoms with Crippen LogP contribution >= 0.6 is 0 Å². The monoisotopic (exact) mass is 557 g/mol. The zero-order chi connectivity index (χ0) is 29.5. The third kappa shape index (κ3) is 5.34. The van der Waals surface area contributed by atoms with Gasteiger partial charge in [-0.25, -0.2) is 0 Å². The summed E-state index contributed by atoms with van der Waals surface area (Å²) in [6.07, 6.45) is -0.0169. The highest BCUT2D eigenvalue weighted by atomic mass is 16.7. The Bertz CT molecular complexity index is 1520. The van der Waals surface area contributed by atoms with Gasteiger partial charge in [0, 0.05) is 22.9 Å². The molecule has 0 saturated carbocycles. The predicted molar refractivity (Wildman–Crippen MR) is 156 cm³/mol. The molecule has 2 heterocycles. The highest BCUT2D eigenvalue weighted by Gasteiger charge is 2.47. The zero-order valence-electron chi connectivity index (χ0n) is 24.2. The number of Topliss-reactive ketones (excluding diaryl/α,β-unsaturated/α-hetero) is 1. The molecule has 1 atom stereocenters. The van der Waals surface area contributed by atoms with Crippen LogP contribution in [0.1, 0.15) is 64.3 Å². The van der Waals surface area contributed by atoms with Gasteiger partial charge in [-0.3, -0.25) is 14.5 Å². The van der Waals surface area contributed by atoms with Crippen LogP contribution in [0.3, 0.4) is 0 Å². The van der Waals surface area contributed by atoms with Crippen LogP contribution in [0.2, 0.25) is 0 Å². The summed E-state index contributed by atoms with van der Waals surface area (Å²) < 4.78 is 22.6. The van der Waals surface area contributed by atoms with E-state index in [1.54, 1.807) is 54.6 Å². The lowest BCUT2D eigenvalue weighted by Gasteiger charge is -2.26. The van der Waals surface area contributed by atoms with Gasteiger partial charge in [0.15, 0.2) is 11.5 Å². The average molecular weight is 558 g/mol. The Morgan fingerprint density at radius 1 is 1.00 bits per heavy atom. The molecule has 0 aliphatic carbocycles. The number of anilines is 1. The van der Waals surface area contributed by atoms with Crippen molar-refractivity contribution in [3.8, 4) is 23.0 Å². The molecule has 0 aromatic heterocycles. The van der Waals surface area contributed by atoms with Gasteiger partial charge in [0.1, 0.15) is 17.3 Å². The standard InChI is InChI=1S/C33H35NO7/c1-7-38-25-14-10-21(16-24(25)33(4,5)6)30(35)28-29(20-8-12-23(13-9-20)41-19(2)3)34(32(37)31(28)36)22-11-15-26-27(17-22)40-18-39-26/h8-17,19,29,35H,7,18H2,1-6H3/b30-28+. The number of nitrogens with zero attached hydrogens (tertiary/aromatic N) is 1. The molecule has 1 N–H and O–H groups in total. The van der Waals surface area contributed by atoms with Crippen LogP contribution in [0.25, 0.3) is 5.76 Å². The highest BCUT2D eigenvalue weighted by molar-refractivity contribution is 6.51. The molecule has 8 heteroatoms. The maximum atomic E-state index is 13.7. The Labute approximate surface area is 240 Å². The van der Waals surface area contributed by atoms with Gasteiger partial charge >= 0.3 is 0 Å². The molecule has 2 aliphatic heterocycles. The number of carbonyl (C=O) groups is 2. The molecule has 214 valence electrons. The Hall–Kier alpha value is -4.46. The number of ketones is 1. The quantitative estimate of drug-likeness (QED) is 0.201. The molecule has 3 aromatic carbocycles. The van der Waals surface area contributed by atoms with Crippen molar-refractivity contribution in [2.45, 2.75) is 59.1 Å². The minimum absolute atomic E-state index is 0.00536. The third-order valence-electron chi connectivity index (χ3n) is 7.01.